The molecule has 0 saturated heterocycles. The lowest BCUT2D eigenvalue weighted by Crippen LogP contribution is -2.22. The summed E-state index contributed by atoms with van der Waals surface area (Å²) in [4.78, 5) is 31.0. The van der Waals surface area contributed by atoms with Crippen LogP contribution in [0.2, 0.25) is 10.0 Å². The second kappa shape index (κ2) is 8.34. The van der Waals surface area contributed by atoms with Gasteiger partial charge in [-0.3, -0.25) is 9.59 Å². The van der Waals surface area contributed by atoms with E-state index in [9.17, 15) is 9.59 Å². The normalized spacial score (nSPS) is 11.7. The standard InChI is InChI=1S/C19H17Cl2N3O3S/c1-23(2)13-6-4-11(5-7-13)18(26)22-19-24(10-16(25)27-3)17-14(21)8-12(20)9-15(17)28-19/h4-9H,10H2,1-3H3. The number of carbonyl (C=O) groups is 2. The van der Waals surface area contributed by atoms with Crippen molar-refractivity contribution in [2.75, 3.05) is 26.1 Å². The topological polar surface area (TPSA) is 63.9 Å². The van der Waals surface area contributed by atoms with Crippen LogP contribution in [0.15, 0.2) is 41.4 Å². The summed E-state index contributed by atoms with van der Waals surface area (Å²) in [6.45, 7) is -0.121. The van der Waals surface area contributed by atoms with Gasteiger partial charge in [0.2, 0.25) is 0 Å². The van der Waals surface area contributed by atoms with Crippen LogP contribution in [0.25, 0.3) is 10.2 Å². The number of rotatable bonds is 4. The van der Waals surface area contributed by atoms with Gasteiger partial charge in [0.15, 0.2) is 4.80 Å². The molecule has 1 aromatic heterocycles. The van der Waals surface area contributed by atoms with E-state index in [1.807, 2.05) is 31.1 Å². The third kappa shape index (κ3) is 4.22. The SMILES string of the molecule is COC(=O)Cn1c(=NC(=O)c2ccc(N(C)C)cc2)sc2cc(Cl)cc(Cl)c21. The quantitative estimate of drug-likeness (QED) is 0.578. The Balaban J connectivity index is 2.12. The number of carbonyl (C=O) groups excluding carboxylic acids is 2. The van der Waals surface area contributed by atoms with Crippen molar-refractivity contribution >= 4 is 62.3 Å². The van der Waals surface area contributed by atoms with Crippen molar-refractivity contribution in [2.24, 2.45) is 4.99 Å². The van der Waals surface area contributed by atoms with Crippen LogP contribution in [-0.4, -0.2) is 37.6 Å². The van der Waals surface area contributed by atoms with Crippen LogP contribution in [0.4, 0.5) is 5.69 Å². The molecule has 0 atom stereocenters. The van der Waals surface area contributed by atoms with Gasteiger partial charge in [0.25, 0.3) is 5.91 Å². The number of amides is 1. The summed E-state index contributed by atoms with van der Waals surface area (Å²) in [5, 5.41) is 0.827. The number of anilines is 1. The molecule has 146 valence electrons. The number of halogens is 2. The molecule has 0 aliphatic heterocycles. The highest BCUT2D eigenvalue weighted by Crippen LogP contribution is 2.29. The Labute approximate surface area is 175 Å². The highest BCUT2D eigenvalue weighted by Gasteiger charge is 2.15. The Kier molecular flexibility index (Phi) is 6.07. The molecule has 0 radical (unpaired) electrons. The van der Waals surface area contributed by atoms with Crippen LogP contribution in [0.1, 0.15) is 10.4 Å². The molecule has 3 aromatic rings. The van der Waals surface area contributed by atoms with E-state index < -0.39 is 11.9 Å². The van der Waals surface area contributed by atoms with Gasteiger partial charge in [-0.05, 0) is 36.4 Å². The van der Waals surface area contributed by atoms with E-state index in [2.05, 4.69) is 4.99 Å². The van der Waals surface area contributed by atoms with Gasteiger partial charge in [0, 0.05) is 30.4 Å². The van der Waals surface area contributed by atoms with Crippen LogP contribution in [0.5, 0.6) is 0 Å². The van der Waals surface area contributed by atoms with E-state index in [4.69, 9.17) is 27.9 Å². The van der Waals surface area contributed by atoms with Gasteiger partial charge in [-0.1, -0.05) is 34.5 Å². The third-order valence-corrected chi connectivity index (χ3v) is 5.57. The lowest BCUT2D eigenvalue weighted by atomic mass is 10.2. The average Bonchev–Trinajstić information content (AvgIpc) is 2.98. The minimum absolute atomic E-state index is 0.121. The van der Waals surface area contributed by atoms with Crippen molar-refractivity contribution < 1.29 is 14.3 Å². The van der Waals surface area contributed by atoms with Gasteiger partial charge in [-0.15, -0.1) is 0 Å². The van der Waals surface area contributed by atoms with Crippen LogP contribution < -0.4 is 9.70 Å². The number of hydrogen-bond acceptors (Lipinski definition) is 5. The summed E-state index contributed by atoms with van der Waals surface area (Å²) < 4.78 is 7.05. The van der Waals surface area contributed by atoms with E-state index in [-0.39, 0.29) is 6.54 Å². The van der Waals surface area contributed by atoms with Gasteiger partial charge in [-0.25, -0.2) is 0 Å². The van der Waals surface area contributed by atoms with E-state index in [0.717, 1.165) is 10.4 Å². The fourth-order valence-corrected chi connectivity index (χ4v) is 4.42. The number of aromatic nitrogens is 1. The number of benzene rings is 2. The zero-order valence-electron chi connectivity index (χ0n) is 15.4. The van der Waals surface area contributed by atoms with Gasteiger partial charge in [0.05, 0.1) is 22.3 Å². The Morgan fingerprint density at radius 1 is 1.18 bits per heavy atom. The van der Waals surface area contributed by atoms with Crippen LogP contribution in [0, 0.1) is 0 Å². The van der Waals surface area contributed by atoms with Crippen molar-refractivity contribution in [1.82, 2.24) is 4.57 Å². The summed E-state index contributed by atoms with van der Waals surface area (Å²) in [7, 11) is 5.14. The molecule has 28 heavy (non-hydrogen) atoms. The summed E-state index contributed by atoms with van der Waals surface area (Å²) in [6.07, 6.45) is 0. The lowest BCUT2D eigenvalue weighted by Gasteiger charge is -2.11. The number of ether oxygens (including phenoxy) is 1. The summed E-state index contributed by atoms with van der Waals surface area (Å²) in [5.74, 6) is -0.896. The predicted molar refractivity (Wildman–Crippen MR) is 113 cm³/mol. The Hall–Kier alpha value is -2.35. The number of esters is 1. The molecule has 1 heterocycles. The van der Waals surface area contributed by atoms with Gasteiger partial charge >= 0.3 is 5.97 Å². The number of methoxy groups -OCH3 is 1. The number of fused-ring (bicyclic) bond motifs is 1. The molecule has 0 N–H and O–H groups in total. The first-order chi connectivity index (χ1) is 13.3. The molecule has 6 nitrogen and oxygen atoms in total. The molecule has 1 amide bonds. The fraction of sp³-hybridized carbons (Fsp3) is 0.211. The maximum Gasteiger partial charge on any atom is 0.325 e. The van der Waals surface area contributed by atoms with Crippen molar-refractivity contribution in [3.63, 3.8) is 0 Å². The number of nitrogens with zero attached hydrogens (tertiary/aromatic N) is 3. The molecule has 2 aromatic carbocycles. The van der Waals surface area contributed by atoms with Gasteiger partial charge < -0.3 is 14.2 Å². The lowest BCUT2D eigenvalue weighted by molar-refractivity contribution is -0.141. The van der Waals surface area contributed by atoms with Crippen molar-refractivity contribution in [2.45, 2.75) is 6.54 Å². The average molecular weight is 438 g/mol. The first-order valence-electron chi connectivity index (χ1n) is 8.22. The van der Waals surface area contributed by atoms with Crippen molar-refractivity contribution in [1.29, 1.82) is 0 Å². The summed E-state index contributed by atoms with van der Waals surface area (Å²) in [6, 6.07) is 10.4. The maximum atomic E-state index is 12.7. The van der Waals surface area contributed by atoms with Crippen LogP contribution in [-0.2, 0) is 16.1 Å². The Bertz CT molecular complexity index is 1120. The molecule has 9 heteroatoms. The van der Waals surface area contributed by atoms with E-state index in [0.29, 0.717) is 25.9 Å². The molecular weight excluding hydrogens is 421 g/mol. The minimum Gasteiger partial charge on any atom is -0.468 e. The third-order valence-electron chi connectivity index (χ3n) is 4.04. The molecular formula is C19H17Cl2N3O3S. The van der Waals surface area contributed by atoms with Gasteiger partial charge in [-0.2, -0.15) is 4.99 Å². The molecule has 3 rings (SSSR count). The molecule has 0 bridgehead atoms. The smallest absolute Gasteiger partial charge is 0.325 e. The molecule has 0 aliphatic rings. The summed E-state index contributed by atoms with van der Waals surface area (Å²) in [5.41, 5.74) is 1.99. The second-order valence-electron chi connectivity index (χ2n) is 6.14. The van der Waals surface area contributed by atoms with Crippen LogP contribution >= 0.6 is 34.5 Å². The van der Waals surface area contributed by atoms with E-state index in [1.54, 1.807) is 28.8 Å². The summed E-state index contributed by atoms with van der Waals surface area (Å²) >= 11 is 13.6. The zero-order valence-corrected chi connectivity index (χ0v) is 17.7. The Morgan fingerprint density at radius 3 is 2.46 bits per heavy atom. The van der Waals surface area contributed by atoms with Crippen molar-refractivity contribution in [3.05, 3.63) is 56.8 Å². The largest absolute Gasteiger partial charge is 0.468 e. The van der Waals surface area contributed by atoms with Gasteiger partial charge in [0.1, 0.15) is 6.54 Å². The number of thiazole rings is 1. The monoisotopic (exact) mass is 437 g/mol. The first-order valence-corrected chi connectivity index (χ1v) is 9.79. The molecule has 0 saturated carbocycles. The van der Waals surface area contributed by atoms with Crippen molar-refractivity contribution in [3.8, 4) is 0 Å². The number of hydrogen-bond donors (Lipinski definition) is 0. The predicted octanol–water partition coefficient (Wildman–Crippen LogP) is 3.99. The highest BCUT2D eigenvalue weighted by molar-refractivity contribution is 7.16. The Morgan fingerprint density at radius 2 is 1.86 bits per heavy atom. The molecule has 0 fully saturated rings. The van der Waals surface area contributed by atoms with E-state index in [1.165, 1.54) is 18.4 Å². The first kappa shape index (κ1) is 20.4. The highest BCUT2D eigenvalue weighted by atomic mass is 35.5. The molecule has 0 aliphatic carbocycles. The fourth-order valence-electron chi connectivity index (χ4n) is 2.61. The minimum atomic E-state index is -0.477. The zero-order chi connectivity index (χ0) is 20.4. The van der Waals surface area contributed by atoms with E-state index >= 15 is 0 Å². The second-order valence-corrected chi connectivity index (χ2v) is 7.99. The molecule has 0 unspecified atom stereocenters. The maximum absolute atomic E-state index is 12.7. The van der Waals surface area contributed by atoms with Crippen LogP contribution in [0.3, 0.4) is 0 Å². The molecule has 0 spiro atoms.